The molecule has 1 aromatic rings. The lowest BCUT2D eigenvalue weighted by Crippen LogP contribution is -2.43. The van der Waals surface area contributed by atoms with Crippen LogP contribution in [0.4, 0.5) is 0 Å². The van der Waals surface area contributed by atoms with Crippen LogP contribution < -0.4 is 10.1 Å². The zero-order chi connectivity index (χ0) is 15.2. The highest BCUT2D eigenvalue weighted by atomic mass is 79.9. The molecule has 0 fully saturated rings. The number of pyridine rings is 1. The highest BCUT2D eigenvalue weighted by Crippen LogP contribution is 2.21. The predicted octanol–water partition coefficient (Wildman–Crippen LogP) is 3.06. The lowest BCUT2D eigenvalue weighted by Gasteiger charge is -2.32. The SMILES string of the molecule is CCCNCc1cc(Br)cnc1OCC(C)(C)N(C)C. The molecule has 5 heteroatoms. The molecule has 4 nitrogen and oxygen atoms in total. The summed E-state index contributed by atoms with van der Waals surface area (Å²) in [6, 6.07) is 2.06. The largest absolute Gasteiger partial charge is 0.475 e. The van der Waals surface area contributed by atoms with E-state index in [1.165, 1.54) is 0 Å². The van der Waals surface area contributed by atoms with Gasteiger partial charge < -0.3 is 15.0 Å². The van der Waals surface area contributed by atoms with Gasteiger partial charge in [-0.15, -0.1) is 0 Å². The van der Waals surface area contributed by atoms with Crippen molar-refractivity contribution in [2.45, 2.75) is 39.3 Å². The van der Waals surface area contributed by atoms with Crippen LogP contribution >= 0.6 is 15.9 Å². The van der Waals surface area contributed by atoms with Gasteiger partial charge in [0.25, 0.3) is 0 Å². The molecule has 0 radical (unpaired) electrons. The Bertz CT molecular complexity index is 422. The molecule has 114 valence electrons. The number of ether oxygens (including phenoxy) is 1. The molecule has 0 aliphatic rings. The Morgan fingerprint density at radius 2 is 2.10 bits per heavy atom. The number of hydrogen-bond donors (Lipinski definition) is 1. The number of aromatic nitrogens is 1. The number of likely N-dealkylation sites (N-methyl/N-ethyl adjacent to an activating group) is 1. The Balaban J connectivity index is 2.73. The maximum absolute atomic E-state index is 5.94. The zero-order valence-corrected chi connectivity index (χ0v) is 14.7. The Morgan fingerprint density at radius 3 is 2.70 bits per heavy atom. The topological polar surface area (TPSA) is 37.4 Å². The van der Waals surface area contributed by atoms with E-state index in [0.29, 0.717) is 12.5 Å². The second-order valence-electron chi connectivity index (χ2n) is 5.79. The average molecular weight is 344 g/mol. The maximum atomic E-state index is 5.94. The monoisotopic (exact) mass is 343 g/mol. The van der Waals surface area contributed by atoms with Gasteiger partial charge in [0.15, 0.2) is 0 Å². The van der Waals surface area contributed by atoms with Crippen LogP contribution in [0.5, 0.6) is 5.88 Å². The van der Waals surface area contributed by atoms with Crippen LogP contribution in [0.2, 0.25) is 0 Å². The Labute approximate surface area is 131 Å². The van der Waals surface area contributed by atoms with Gasteiger partial charge >= 0.3 is 0 Å². The van der Waals surface area contributed by atoms with Gasteiger partial charge in [-0.05, 0) is 62.9 Å². The van der Waals surface area contributed by atoms with E-state index in [2.05, 4.69) is 72.1 Å². The Morgan fingerprint density at radius 1 is 1.40 bits per heavy atom. The third kappa shape index (κ3) is 5.38. The molecule has 1 rings (SSSR count). The molecule has 1 heterocycles. The number of rotatable bonds is 8. The lowest BCUT2D eigenvalue weighted by atomic mass is 10.1. The molecule has 1 N–H and O–H groups in total. The lowest BCUT2D eigenvalue weighted by molar-refractivity contribution is 0.110. The molecule has 0 amide bonds. The van der Waals surface area contributed by atoms with Crippen LogP contribution in [-0.4, -0.2) is 42.7 Å². The molecule has 0 atom stereocenters. The second-order valence-corrected chi connectivity index (χ2v) is 6.71. The van der Waals surface area contributed by atoms with Gasteiger partial charge in [0.1, 0.15) is 6.61 Å². The summed E-state index contributed by atoms with van der Waals surface area (Å²) in [5.41, 5.74) is 1.06. The molecule has 0 aliphatic carbocycles. The summed E-state index contributed by atoms with van der Waals surface area (Å²) in [5.74, 6) is 0.715. The fourth-order valence-corrected chi connectivity index (χ4v) is 1.88. The van der Waals surface area contributed by atoms with Crippen molar-refractivity contribution in [3.05, 3.63) is 22.3 Å². The van der Waals surface area contributed by atoms with Gasteiger partial charge in [-0.2, -0.15) is 0 Å². The minimum atomic E-state index is -0.0249. The first-order valence-electron chi connectivity index (χ1n) is 7.02. The van der Waals surface area contributed by atoms with Crippen molar-refractivity contribution < 1.29 is 4.74 Å². The van der Waals surface area contributed by atoms with Crippen molar-refractivity contribution in [1.29, 1.82) is 0 Å². The van der Waals surface area contributed by atoms with E-state index >= 15 is 0 Å². The molecule has 0 saturated carbocycles. The second kappa shape index (κ2) is 7.96. The highest BCUT2D eigenvalue weighted by molar-refractivity contribution is 9.10. The third-order valence-electron chi connectivity index (χ3n) is 3.41. The van der Waals surface area contributed by atoms with Crippen molar-refractivity contribution in [2.24, 2.45) is 0 Å². The fraction of sp³-hybridized carbons (Fsp3) is 0.667. The zero-order valence-electron chi connectivity index (χ0n) is 13.2. The maximum Gasteiger partial charge on any atom is 0.217 e. The molecular weight excluding hydrogens is 318 g/mol. The summed E-state index contributed by atoms with van der Waals surface area (Å²) < 4.78 is 6.91. The van der Waals surface area contributed by atoms with E-state index in [1.54, 1.807) is 6.20 Å². The highest BCUT2D eigenvalue weighted by Gasteiger charge is 2.22. The van der Waals surface area contributed by atoms with Crippen LogP contribution in [-0.2, 0) is 6.54 Å². The quantitative estimate of drug-likeness (QED) is 0.736. The van der Waals surface area contributed by atoms with Gasteiger partial charge in [0, 0.05) is 28.3 Å². The van der Waals surface area contributed by atoms with E-state index in [1.807, 2.05) is 0 Å². The first kappa shape index (κ1) is 17.4. The van der Waals surface area contributed by atoms with Crippen molar-refractivity contribution in [3.63, 3.8) is 0 Å². The fourth-order valence-electron chi connectivity index (χ4n) is 1.50. The molecule has 0 unspecified atom stereocenters. The minimum absolute atomic E-state index is 0.0249. The Kier molecular flexibility index (Phi) is 6.92. The van der Waals surface area contributed by atoms with E-state index in [4.69, 9.17) is 4.74 Å². The predicted molar refractivity (Wildman–Crippen MR) is 87.2 cm³/mol. The number of halogens is 1. The molecule has 0 bridgehead atoms. The van der Waals surface area contributed by atoms with Crippen molar-refractivity contribution in [2.75, 3.05) is 27.2 Å². The Hall–Kier alpha value is -0.650. The van der Waals surface area contributed by atoms with Crippen LogP contribution in [0.15, 0.2) is 16.7 Å². The summed E-state index contributed by atoms with van der Waals surface area (Å²) in [7, 11) is 4.12. The van der Waals surface area contributed by atoms with Gasteiger partial charge in [-0.1, -0.05) is 6.92 Å². The van der Waals surface area contributed by atoms with Crippen LogP contribution in [0, 0.1) is 0 Å². The van der Waals surface area contributed by atoms with Gasteiger partial charge in [0.2, 0.25) is 5.88 Å². The van der Waals surface area contributed by atoms with E-state index in [9.17, 15) is 0 Å². The van der Waals surface area contributed by atoms with Gasteiger partial charge in [-0.25, -0.2) is 4.98 Å². The first-order valence-corrected chi connectivity index (χ1v) is 7.81. The molecule has 20 heavy (non-hydrogen) atoms. The summed E-state index contributed by atoms with van der Waals surface area (Å²) in [6.45, 7) is 8.84. The standard InChI is InChI=1S/C15H26BrN3O/c1-6-7-17-9-12-8-13(16)10-18-14(12)20-11-15(2,3)19(4)5/h8,10,17H,6-7,9,11H2,1-5H3. The van der Waals surface area contributed by atoms with Crippen LogP contribution in [0.25, 0.3) is 0 Å². The van der Waals surface area contributed by atoms with E-state index in [-0.39, 0.29) is 5.54 Å². The first-order chi connectivity index (χ1) is 9.36. The third-order valence-corrected chi connectivity index (χ3v) is 3.84. The average Bonchev–Trinajstić information content (AvgIpc) is 2.38. The number of hydrogen-bond acceptors (Lipinski definition) is 4. The summed E-state index contributed by atoms with van der Waals surface area (Å²) in [5, 5.41) is 3.39. The van der Waals surface area contributed by atoms with Crippen LogP contribution in [0.3, 0.4) is 0 Å². The number of nitrogens with zero attached hydrogens (tertiary/aromatic N) is 2. The molecule has 1 aromatic heterocycles. The molecular formula is C15H26BrN3O. The van der Waals surface area contributed by atoms with Gasteiger partial charge in [-0.3, -0.25) is 0 Å². The van der Waals surface area contributed by atoms with Gasteiger partial charge in [0.05, 0.1) is 0 Å². The summed E-state index contributed by atoms with van der Waals surface area (Å²) in [4.78, 5) is 6.55. The normalized spacial score (nSPS) is 11.9. The van der Waals surface area contributed by atoms with Crippen molar-refractivity contribution in [3.8, 4) is 5.88 Å². The smallest absolute Gasteiger partial charge is 0.217 e. The summed E-state index contributed by atoms with van der Waals surface area (Å²) in [6.07, 6.45) is 2.90. The van der Waals surface area contributed by atoms with E-state index < -0.39 is 0 Å². The molecule has 0 spiro atoms. The molecule has 0 aromatic carbocycles. The number of nitrogens with one attached hydrogen (secondary N) is 1. The molecule has 0 aliphatic heterocycles. The molecule has 0 saturated heterocycles. The van der Waals surface area contributed by atoms with Crippen LogP contribution in [0.1, 0.15) is 32.8 Å². The summed E-state index contributed by atoms with van der Waals surface area (Å²) >= 11 is 3.47. The minimum Gasteiger partial charge on any atom is -0.475 e. The van der Waals surface area contributed by atoms with Crippen molar-refractivity contribution >= 4 is 15.9 Å². The van der Waals surface area contributed by atoms with E-state index in [0.717, 1.165) is 29.5 Å². The van der Waals surface area contributed by atoms with Crippen molar-refractivity contribution in [1.82, 2.24) is 15.2 Å².